The van der Waals surface area contributed by atoms with E-state index in [0.717, 1.165) is 9.25 Å². The van der Waals surface area contributed by atoms with E-state index in [0.29, 0.717) is 16.6 Å². The van der Waals surface area contributed by atoms with Gasteiger partial charge in [0.2, 0.25) is 5.91 Å². The number of thiazole rings is 1. The van der Waals surface area contributed by atoms with Crippen LogP contribution in [0.15, 0.2) is 46.7 Å². The zero-order chi connectivity index (χ0) is 17.4. The minimum Gasteiger partial charge on any atom is -0.300 e. The molecule has 1 aromatic carbocycles. The Morgan fingerprint density at radius 2 is 2.04 bits per heavy atom. The van der Waals surface area contributed by atoms with Crippen LogP contribution in [0.25, 0.3) is 0 Å². The molecule has 0 saturated carbocycles. The number of nitrogens with one attached hydrogen (secondary N) is 1. The first kappa shape index (κ1) is 15.3. The molecule has 0 spiro atoms. The van der Waals surface area contributed by atoms with Crippen LogP contribution in [0.2, 0.25) is 0 Å². The van der Waals surface area contributed by atoms with Crippen molar-refractivity contribution in [2.75, 3.05) is 10.2 Å². The van der Waals surface area contributed by atoms with Crippen LogP contribution in [0, 0.1) is 0 Å². The lowest BCUT2D eigenvalue weighted by atomic mass is 10.3. The molecular formula is C15H12N6O3S. The van der Waals surface area contributed by atoms with E-state index < -0.39 is 17.6 Å². The Morgan fingerprint density at radius 1 is 1.24 bits per heavy atom. The van der Waals surface area contributed by atoms with E-state index in [-0.39, 0.29) is 13.1 Å². The molecule has 0 unspecified atom stereocenters. The first-order chi connectivity index (χ1) is 12.1. The van der Waals surface area contributed by atoms with Crippen molar-refractivity contribution in [1.82, 2.24) is 19.3 Å². The molecule has 3 aromatic rings. The molecule has 0 saturated heterocycles. The van der Waals surface area contributed by atoms with Gasteiger partial charge in [-0.2, -0.15) is 9.67 Å². The zero-order valence-corrected chi connectivity index (χ0v) is 13.6. The van der Waals surface area contributed by atoms with E-state index in [4.69, 9.17) is 0 Å². The van der Waals surface area contributed by atoms with Crippen LogP contribution in [-0.4, -0.2) is 31.3 Å². The molecular weight excluding hydrogens is 344 g/mol. The highest BCUT2D eigenvalue weighted by atomic mass is 32.1. The van der Waals surface area contributed by atoms with Gasteiger partial charge in [0.25, 0.3) is 0 Å². The Bertz CT molecular complexity index is 992. The fraction of sp³-hybridized carbons (Fsp3) is 0.133. The third kappa shape index (κ3) is 2.72. The number of rotatable bonds is 4. The fourth-order valence-corrected chi connectivity index (χ4v) is 3.11. The third-order valence-electron chi connectivity index (χ3n) is 3.67. The Balaban J connectivity index is 1.54. The topological polar surface area (TPSA) is 102 Å². The van der Waals surface area contributed by atoms with Crippen molar-refractivity contribution in [1.29, 1.82) is 0 Å². The summed E-state index contributed by atoms with van der Waals surface area (Å²) < 4.78 is 1.97. The van der Waals surface area contributed by atoms with Crippen molar-refractivity contribution in [2.45, 2.75) is 13.1 Å². The van der Waals surface area contributed by atoms with Gasteiger partial charge in [-0.3, -0.25) is 9.69 Å². The first-order valence-corrected chi connectivity index (χ1v) is 8.26. The van der Waals surface area contributed by atoms with Gasteiger partial charge in [0, 0.05) is 17.3 Å². The zero-order valence-electron chi connectivity index (χ0n) is 12.8. The van der Waals surface area contributed by atoms with E-state index in [1.165, 1.54) is 16.2 Å². The maximum atomic E-state index is 12.5. The molecule has 1 aliphatic rings. The van der Waals surface area contributed by atoms with Crippen molar-refractivity contribution in [2.24, 2.45) is 0 Å². The van der Waals surface area contributed by atoms with Crippen LogP contribution < -0.4 is 15.9 Å². The Morgan fingerprint density at radius 3 is 2.72 bits per heavy atom. The van der Waals surface area contributed by atoms with Gasteiger partial charge in [-0.15, -0.1) is 11.3 Å². The number of amides is 2. The van der Waals surface area contributed by atoms with Gasteiger partial charge in [-0.05, 0) is 12.1 Å². The predicted molar refractivity (Wildman–Crippen MR) is 90.6 cm³/mol. The summed E-state index contributed by atoms with van der Waals surface area (Å²) in [5, 5.41) is 8.85. The summed E-state index contributed by atoms with van der Waals surface area (Å²) in [6.45, 7) is -0.101. The molecule has 9 nitrogen and oxygen atoms in total. The van der Waals surface area contributed by atoms with Crippen molar-refractivity contribution in [3.63, 3.8) is 0 Å². The number of benzene rings is 1. The van der Waals surface area contributed by atoms with E-state index in [1.807, 2.05) is 18.2 Å². The minimum atomic E-state index is -0.632. The van der Waals surface area contributed by atoms with Crippen LogP contribution in [0.1, 0.15) is 5.82 Å². The van der Waals surface area contributed by atoms with Gasteiger partial charge >= 0.3 is 11.7 Å². The first-order valence-electron chi connectivity index (χ1n) is 7.38. The number of carbonyl (C=O) groups excluding carboxylic acids is 2. The van der Waals surface area contributed by atoms with Crippen LogP contribution >= 0.6 is 11.3 Å². The molecule has 126 valence electrons. The van der Waals surface area contributed by atoms with E-state index in [9.17, 15) is 14.4 Å². The van der Waals surface area contributed by atoms with Crippen molar-refractivity contribution < 1.29 is 9.59 Å². The van der Waals surface area contributed by atoms with Crippen LogP contribution in [0.4, 0.5) is 15.6 Å². The molecule has 0 fully saturated rings. The molecule has 0 atom stereocenters. The van der Waals surface area contributed by atoms with Crippen molar-refractivity contribution in [3.8, 4) is 0 Å². The number of aromatic nitrogens is 4. The number of hydrogen-bond donors (Lipinski definition) is 1. The molecule has 0 radical (unpaired) electrons. The van der Waals surface area contributed by atoms with E-state index in [2.05, 4.69) is 15.4 Å². The molecule has 1 N–H and O–H groups in total. The Hall–Kier alpha value is -3.27. The lowest BCUT2D eigenvalue weighted by molar-refractivity contribution is -0.117. The molecule has 3 heterocycles. The van der Waals surface area contributed by atoms with Crippen LogP contribution in [0.3, 0.4) is 0 Å². The summed E-state index contributed by atoms with van der Waals surface area (Å²) in [5.41, 5.74) is 0.0539. The fourth-order valence-electron chi connectivity index (χ4n) is 2.57. The smallest absolute Gasteiger partial charge is 0.300 e. The van der Waals surface area contributed by atoms with Gasteiger partial charge < -0.3 is 5.32 Å². The Kier molecular flexibility index (Phi) is 3.65. The highest BCUT2D eigenvalue weighted by Crippen LogP contribution is 2.21. The molecule has 10 heteroatoms. The maximum Gasteiger partial charge on any atom is 0.354 e. The van der Waals surface area contributed by atoms with Gasteiger partial charge in [0.1, 0.15) is 6.54 Å². The van der Waals surface area contributed by atoms with E-state index >= 15 is 0 Å². The van der Waals surface area contributed by atoms with Gasteiger partial charge in [-0.25, -0.2) is 19.3 Å². The largest absolute Gasteiger partial charge is 0.354 e. The third-order valence-corrected chi connectivity index (χ3v) is 4.36. The summed E-state index contributed by atoms with van der Waals surface area (Å²) in [6.07, 6.45) is 1.56. The molecule has 2 aromatic heterocycles. The number of anilines is 2. The lowest BCUT2D eigenvalue weighted by Crippen LogP contribution is -2.36. The molecule has 4 rings (SSSR count). The molecule has 0 bridgehead atoms. The van der Waals surface area contributed by atoms with Crippen LogP contribution in [0.5, 0.6) is 0 Å². The summed E-state index contributed by atoms with van der Waals surface area (Å²) in [7, 11) is 0. The van der Waals surface area contributed by atoms with Crippen molar-refractivity contribution >= 4 is 34.1 Å². The molecule has 0 aliphatic carbocycles. The normalized spacial score (nSPS) is 13.1. The Labute approximate surface area is 145 Å². The number of fused-ring (bicyclic) bond motifs is 1. The molecule has 1 aliphatic heterocycles. The van der Waals surface area contributed by atoms with Gasteiger partial charge in [-0.1, -0.05) is 18.2 Å². The number of para-hydroxylation sites is 1. The average molecular weight is 356 g/mol. The number of carbonyl (C=O) groups is 2. The second kappa shape index (κ2) is 5.98. The maximum absolute atomic E-state index is 12.5. The number of nitrogens with zero attached hydrogens (tertiary/aromatic N) is 5. The molecule has 2 amide bonds. The SMILES string of the molecule is O=C(Cn1nc2n(c1=O)C(=O)N(c1ccccc1)C2)Nc1nccs1. The summed E-state index contributed by atoms with van der Waals surface area (Å²) in [6, 6.07) is 8.55. The number of hydrogen-bond acceptors (Lipinski definition) is 6. The highest BCUT2D eigenvalue weighted by molar-refractivity contribution is 7.13. The molecule has 25 heavy (non-hydrogen) atoms. The minimum absolute atomic E-state index is 0.180. The monoisotopic (exact) mass is 356 g/mol. The quantitative estimate of drug-likeness (QED) is 0.755. The second-order valence-corrected chi connectivity index (χ2v) is 6.18. The second-order valence-electron chi connectivity index (χ2n) is 5.28. The lowest BCUT2D eigenvalue weighted by Gasteiger charge is -2.14. The van der Waals surface area contributed by atoms with Gasteiger partial charge in [0.05, 0.1) is 6.54 Å². The average Bonchev–Trinajstić information content (AvgIpc) is 3.29. The summed E-state index contributed by atoms with van der Waals surface area (Å²) in [5.74, 6) is -0.123. The van der Waals surface area contributed by atoms with E-state index in [1.54, 1.807) is 23.7 Å². The standard InChI is InChI=1S/C15H12N6O3S/c22-12(17-13-16-6-7-25-13)9-20-15(24)21-11(18-20)8-19(14(21)23)10-4-2-1-3-5-10/h1-7H,8-9H2,(H,16,17,22). The van der Waals surface area contributed by atoms with Crippen molar-refractivity contribution in [3.05, 3.63) is 58.2 Å². The highest BCUT2D eigenvalue weighted by Gasteiger charge is 2.33. The summed E-state index contributed by atoms with van der Waals surface area (Å²) >= 11 is 1.27. The van der Waals surface area contributed by atoms with Gasteiger partial charge in [0.15, 0.2) is 11.0 Å². The predicted octanol–water partition coefficient (Wildman–Crippen LogP) is 1.13. The summed E-state index contributed by atoms with van der Waals surface area (Å²) in [4.78, 5) is 42.3. The van der Waals surface area contributed by atoms with Crippen LogP contribution in [-0.2, 0) is 17.9 Å².